The Bertz CT molecular complexity index is 463. The van der Waals surface area contributed by atoms with Crippen LogP contribution in [0.4, 0.5) is 11.5 Å². The number of hydrogen-bond acceptors (Lipinski definition) is 5. The number of hydrogen-bond donors (Lipinski definition) is 2. The topological polar surface area (TPSA) is 105 Å². The molecule has 0 amide bonds. The zero-order valence-electron chi connectivity index (χ0n) is 10.2. The third-order valence-corrected chi connectivity index (χ3v) is 2.91. The SMILES string of the molecule is CCC(C)(CNc1cc([N+](=O)[O-])ccn1)C(=O)O. The summed E-state index contributed by atoms with van der Waals surface area (Å²) in [7, 11) is 0. The van der Waals surface area contributed by atoms with Gasteiger partial charge in [0.1, 0.15) is 5.82 Å². The molecule has 98 valence electrons. The van der Waals surface area contributed by atoms with Crippen LogP contribution in [-0.2, 0) is 4.79 Å². The van der Waals surface area contributed by atoms with Crippen molar-refractivity contribution in [2.75, 3.05) is 11.9 Å². The van der Waals surface area contributed by atoms with E-state index in [1.54, 1.807) is 13.8 Å². The summed E-state index contributed by atoms with van der Waals surface area (Å²) in [6.07, 6.45) is 1.76. The molecule has 0 spiro atoms. The van der Waals surface area contributed by atoms with Gasteiger partial charge in [-0.1, -0.05) is 6.92 Å². The molecular formula is C11H15N3O4. The molecule has 1 rings (SSSR count). The summed E-state index contributed by atoms with van der Waals surface area (Å²) < 4.78 is 0. The lowest BCUT2D eigenvalue weighted by Gasteiger charge is -2.23. The fourth-order valence-corrected chi connectivity index (χ4v) is 1.27. The molecular weight excluding hydrogens is 238 g/mol. The molecule has 7 nitrogen and oxygen atoms in total. The maximum atomic E-state index is 11.1. The number of carbonyl (C=O) groups is 1. The minimum absolute atomic E-state index is 0.0824. The van der Waals surface area contributed by atoms with Crippen LogP contribution < -0.4 is 5.32 Å². The van der Waals surface area contributed by atoms with Gasteiger partial charge in [-0.3, -0.25) is 14.9 Å². The van der Waals surface area contributed by atoms with Gasteiger partial charge in [-0.25, -0.2) is 4.98 Å². The predicted molar refractivity (Wildman–Crippen MR) is 65.4 cm³/mol. The highest BCUT2D eigenvalue weighted by Crippen LogP contribution is 2.22. The molecule has 0 aliphatic carbocycles. The van der Waals surface area contributed by atoms with Crippen LogP contribution in [0.1, 0.15) is 20.3 Å². The molecule has 1 unspecified atom stereocenters. The first-order valence-corrected chi connectivity index (χ1v) is 5.47. The second-order valence-corrected chi connectivity index (χ2v) is 4.23. The maximum absolute atomic E-state index is 11.1. The summed E-state index contributed by atoms with van der Waals surface area (Å²) in [5, 5.41) is 22.5. The number of nitrogens with zero attached hydrogens (tertiary/aromatic N) is 2. The first-order chi connectivity index (χ1) is 8.39. The van der Waals surface area contributed by atoms with Crippen molar-refractivity contribution in [1.82, 2.24) is 4.98 Å². The molecule has 0 aromatic carbocycles. The number of nitrogens with one attached hydrogen (secondary N) is 1. The molecule has 0 aliphatic heterocycles. The standard InChI is InChI=1S/C11H15N3O4/c1-3-11(2,10(15)16)7-13-9-6-8(14(17)18)4-5-12-9/h4-6H,3,7H2,1-2H3,(H,12,13)(H,15,16). The number of rotatable bonds is 6. The van der Waals surface area contributed by atoms with Gasteiger partial charge in [0.2, 0.25) is 0 Å². The minimum atomic E-state index is -0.924. The highest BCUT2D eigenvalue weighted by atomic mass is 16.6. The van der Waals surface area contributed by atoms with Crippen molar-refractivity contribution in [1.29, 1.82) is 0 Å². The van der Waals surface area contributed by atoms with Crippen molar-refractivity contribution in [2.24, 2.45) is 5.41 Å². The molecule has 0 saturated carbocycles. The smallest absolute Gasteiger partial charge is 0.311 e. The summed E-state index contributed by atoms with van der Waals surface area (Å²) in [4.78, 5) is 25.0. The van der Waals surface area contributed by atoms with E-state index >= 15 is 0 Å². The van der Waals surface area contributed by atoms with Gasteiger partial charge >= 0.3 is 5.97 Å². The van der Waals surface area contributed by atoms with Crippen LogP contribution in [-0.4, -0.2) is 27.5 Å². The van der Waals surface area contributed by atoms with E-state index < -0.39 is 16.3 Å². The number of anilines is 1. The van der Waals surface area contributed by atoms with Crippen LogP contribution >= 0.6 is 0 Å². The van der Waals surface area contributed by atoms with Gasteiger partial charge in [0.15, 0.2) is 0 Å². The lowest BCUT2D eigenvalue weighted by atomic mass is 9.88. The average molecular weight is 253 g/mol. The fraction of sp³-hybridized carbons (Fsp3) is 0.455. The number of carboxylic acids is 1. The molecule has 1 aromatic heterocycles. The lowest BCUT2D eigenvalue weighted by molar-refractivity contribution is -0.384. The number of nitro groups is 1. The largest absolute Gasteiger partial charge is 0.481 e. The molecule has 0 bridgehead atoms. The van der Waals surface area contributed by atoms with Crippen LogP contribution in [0.15, 0.2) is 18.3 Å². The van der Waals surface area contributed by atoms with Gasteiger partial charge in [-0.05, 0) is 13.3 Å². The van der Waals surface area contributed by atoms with Crippen molar-refractivity contribution in [2.45, 2.75) is 20.3 Å². The Hall–Kier alpha value is -2.18. The first kappa shape index (κ1) is 13.9. The van der Waals surface area contributed by atoms with Crippen LogP contribution in [0.2, 0.25) is 0 Å². The van der Waals surface area contributed by atoms with Crippen LogP contribution in [0.5, 0.6) is 0 Å². The summed E-state index contributed by atoms with van der Waals surface area (Å²) in [6, 6.07) is 2.55. The minimum Gasteiger partial charge on any atom is -0.481 e. The normalized spacial score (nSPS) is 13.7. The number of pyridine rings is 1. The molecule has 1 aromatic rings. The van der Waals surface area contributed by atoms with Gasteiger partial charge in [0, 0.05) is 18.8 Å². The Morgan fingerprint density at radius 3 is 2.83 bits per heavy atom. The fourth-order valence-electron chi connectivity index (χ4n) is 1.27. The molecule has 0 saturated heterocycles. The second-order valence-electron chi connectivity index (χ2n) is 4.23. The van der Waals surface area contributed by atoms with Gasteiger partial charge in [0.25, 0.3) is 5.69 Å². The number of carboxylic acid groups (broad SMARTS) is 1. The molecule has 0 fully saturated rings. The van der Waals surface area contributed by atoms with E-state index in [1.807, 2.05) is 0 Å². The van der Waals surface area contributed by atoms with E-state index in [-0.39, 0.29) is 12.2 Å². The molecule has 0 radical (unpaired) electrons. The maximum Gasteiger partial charge on any atom is 0.311 e. The zero-order chi connectivity index (χ0) is 13.8. The van der Waals surface area contributed by atoms with E-state index in [0.29, 0.717) is 12.2 Å². The Morgan fingerprint density at radius 2 is 2.33 bits per heavy atom. The van der Waals surface area contributed by atoms with Crippen LogP contribution in [0, 0.1) is 15.5 Å². The molecule has 1 heterocycles. The van der Waals surface area contributed by atoms with E-state index in [9.17, 15) is 14.9 Å². The highest BCUT2D eigenvalue weighted by molar-refractivity contribution is 5.74. The third kappa shape index (κ3) is 3.16. The average Bonchev–Trinajstić information content (AvgIpc) is 2.36. The van der Waals surface area contributed by atoms with Crippen molar-refractivity contribution in [3.05, 3.63) is 28.4 Å². The number of aromatic nitrogens is 1. The molecule has 1 atom stereocenters. The van der Waals surface area contributed by atoms with Crippen LogP contribution in [0.25, 0.3) is 0 Å². The van der Waals surface area contributed by atoms with E-state index in [0.717, 1.165) is 0 Å². The molecule has 2 N–H and O–H groups in total. The van der Waals surface area contributed by atoms with E-state index in [2.05, 4.69) is 10.3 Å². The molecule has 18 heavy (non-hydrogen) atoms. The Balaban J connectivity index is 2.77. The quantitative estimate of drug-likeness (QED) is 0.592. The monoisotopic (exact) mass is 253 g/mol. The van der Waals surface area contributed by atoms with Crippen molar-refractivity contribution in [3.63, 3.8) is 0 Å². The van der Waals surface area contributed by atoms with E-state index in [4.69, 9.17) is 5.11 Å². The molecule has 7 heteroatoms. The van der Waals surface area contributed by atoms with Crippen molar-refractivity contribution >= 4 is 17.5 Å². The van der Waals surface area contributed by atoms with Gasteiger partial charge in [-0.2, -0.15) is 0 Å². The first-order valence-electron chi connectivity index (χ1n) is 5.47. The van der Waals surface area contributed by atoms with Crippen LogP contribution in [0.3, 0.4) is 0 Å². The van der Waals surface area contributed by atoms with Crippen molar-refractivity contribution < 1.29 is 14.8 Å². The van der Waals surface area contributed by atoms with Crippen molar-refractivity contribution in [3.8, 4) is 0 Å². The lowest BCUT2D eigenvalue weighted by Crippen LogP contribution is -2.34. The third-order valence-electron chi connectivity index (χ3n) is 2.91. The van der Waals surface area contributed by atoms with Gasteiger partial charge in [-0.15, -0.1) is 0 Å². The summed E-state index contributed by atoms with van der Waals surface area (Å²) in [5.41, 5.74) is -1.01. The van der Waals surface area contributed by atoms with Gasteiger partial charge in [0.05, 0.1) is 16.4 Å². The zero-order valence-corrected chi connectivity index (χ0v) is 10.2. The summed E-state index contributed by atoms with van der Waals surface area (Å²) >= 11 is 0. The van der Waals surface area contributed by atoms with Gasteiger partial charge < -0.3 is 10.4 Å². The summed E-state index contributed by atoms with van der Waals surface area (Å²) in [5.74, 6) is -0.618. The Labute approximate surface area is 104 Å². The Kier molecular flexibility index (Phi) is 4.19. The van der Waals surface area contributed by atoms with E-state index in [1.165, 1.54) is 18.3 Å². The highest BCUT2D eigenvalue weighted by Gasteiger charge is 2.30. The number of aliphatic carboxylic acids is 1. The Morgan fingerprint density at radius 1 is 1.67 bits per heavy atom. The molecule has 0 aliphatic rings. The second kappa shape index (κ2) is 5.44. The predicted octanol–water partition coefficient (Wildman–Crippen LogP) is 1.90. The summed E-state index contributed by atoms with van der Waals surface area (Å²) in [6.45, 7) is 3.54.